The van der Waals surface area contributed by atoms with E-state index >= 15 is 0 Å². The molecule has 3 rings (SSSR count). The predicted octanol–water partition coefficient (Wildman–Crippen LogP) is 3.20. The standard InChI is InChI=1S/C16H16F3N7O2/c1-8-4-13-20-7-11(14(9(2)28-3)26(13)25-8)22-15(27)23-12-5-10(6-21-24-12)16(17,18)19/h4-7,9H,1-3H3,(H2,22,23,24,27)/t9-/m0/s1. The van der Waals surface area contributed by atoms with Crippen molar-refractivity contribution in [2.24, 2.45) is 0 Å². The summed E-state index contributed by atoms with van der Waals surface area (Å²) in [5, 5.41) is 15.8. The summed E-state index contributed by atoms with van der Waals surface area (Å²) in [5.74, 6) is -0.349. The molecule has 28 heavy (non-hydrogen) atoms. The number of alkyl halides is 3. The fraction of sp³-hybridized carbons (Fsp3) is 0.312. The molecule has 0 aliphatic heterocycles. The lowest BCUT2D eigenvalue weighted by Crippen LogP contribution is -2.23. The van der Waals surface area contributed by atoms with Gasteiger partial charge in [0.1, 0.15) is 0 Å². The minimum absolute atomic E-state index is 0.280. The lowest BCUT2D eigenvalue weighted by molar-refractivity contribution is -0.137. The molecule has 0 unspecified atom stereocenters. The molecule has 2 amide bonds. The van der Waals surface area contributed by atoms with Crippen LogP contribution in [0.3, 0.4) is 0 Å². The first-order chi connectivity index (χ1) is 13.2. The van der Waals surface area contributed by atoms with Gasteiger partial charge in [-0.1, -0.05) is 0 Å². The monoisotopic (exact) mass is 395 g/mol. The van der Waals surface area contributed by atoms with E-state index in [1.165, 1.54) is 17.8 Å². The van der Waals surface area contributed by atoms with E-state index in [1.807, 2.05) is 0 Å². The minimum Gasteiger partial charge on any atom is -0.375 e. The molecule has 0 spiro atoms. The first-order valence-electron chi connectivity index (χ1n) is 8.05. The number of fused-ring (bicyclic) bond motifs is 1. The van der Waals surface area contributed by atoms with Gasteiger partial charge in [-0.2, -0.15) is 23.4 Å². The van der Waals surface area contributed by atoms with Crippen LogP contribution >= 0.6 is 0 Å². The van der Waals surface area contributed by atoms with Crippen molar-refractivity contribution in [2.75, 3.05) is 17.7 Å². The summed E-state index contributed by atoms with van der Waals surface area (Å²) in [6.45, 7) is 3.55. The average molecular weight is 395 g/mol. The van der Waals surface area contributed by atoms with Crippen LogP contribution in [0.2, 0.25) is 0 Å². The van der Waals surface area contributed by atoms with Gasteiger partial charge in [-0.05, 0) is 19.9 Å². The van der Waals surface area contributed by atoms with Gasteiger partial charge in [-0.15, -0.1) is 5.10 Å². The van der Waals surface area contributed by atoms with Crippen LogP contribution in [0.25, 0.3) is 5.65 Å². The Morgan fingerprint density at radius 3 is 2.68 bits per heavy atom. The molecule has 2 N–H and O–H groups in total. The van der Waals surface area contributed by atoms with E-state index < -0.39 is 23.9 Å². The Balaban J connectivity index is 1.87. The van der Waals surface area contributed by atoms with Gasteiger partial charge in [0.25, 0.3) is 0 Å². The van der Waals surface area contributed by atoms with Crippen LogP contribution in [-0.2, 0) is 10.9 Å². The molecule has 0 bridgehead atoms. The van der Waals surface area contributed by atoms with Crippen molar-refractivity contribution in [3.05, 3.63) is 41.5 Å². The minimum atomic E-state index is -4.60. The number of methoxy groups -OCH3 is 1. The van der Waals surface area contributed by atoms with Crippen molar-refractivity contribution in [2.45, 2.75) is 26.1 Å². The number of carbonyl (C=O) groups is 1. The number of ether oxygens (including phenoxy) is 1. The van der Waals surface area contributed by atoms with Gasteiger partial charge in [0.05, 0.1) is 41.1 Å². The summed E-state index contributed by atoms with van der Waals surface area (Å²) in [7, 11) is 1.50. The summed E-state index contributed by atoms with van der Waals surface area (Å²) >= 11 is 0. The second-order valence-electron chi connectivity index (χ2n) is 5.90. The largest absolute Gasteiger partial charge is 0.418 e. The Morgan fingerprint density at radius 1 is 1.25 bits per heavy atom. The molecule has 3 aromatic heterocycles. The average Bonchev–Trinajstić information content (AvgIpc) is 3.00. The van der Waals surface area contributed by atoms with E-state index in [0.29, 0.717) is 23.6 Å². The highest BCUT2D eigenvalue weighted by atomic mass is 19.4. The van der Waals surface area contributed by atoms with E-state index in [4.69, 9.17) is 4.74 Å². The first-order valence-corrected chi connectivity index (χ1v) is 8.05. The van der Waals surface area contributed by atoms with Crippen LogP contribution in [0.1, 0.15) is 30.0 Å². The van der Waals surface area contributed by atoms with Gasteiger partial charge in [0.15, 0.2) is 11.5 Å². The highest BCUT2D eigenvalue weighted by Gasteiger charge is 2.31. The molecule has 148 valence electrons. The molecule has 0 saturated carbocycles. The number of aryl methyl sites for hydroxylation is 1. The predicted molar refractivity (Wildman–Crippen MR) is 92.8 cm³/mol. The van der Waals surface area contributed by atoms with E-state index in [1.54, 1.807) is 19.9 Å². The summed E-state index contributed by atoms with van der Waals surface area (Å²) in [6.07, 6.45) is -3.07. The topological polar surface area (TPSA) is 106 Å². The SMILES string of the molecule is CO[C@@H](C)c1c(NC(=O)Nc2cc(C(F)(F)F)cnn2)cnc2cc(C)nn12. The molecule has 0 radical (unpaired) electrons. The van der Waals surface area contributed by atoms with Crippen LogP contribution in [-0.4, -0.2) is 37.9 Å². The third kappa shape index (κ3) is 4.01. The Kier molecular flexibility index (Phi) is 5.14. The quantitative estimate of drug-likeness (QED) is 0.703. The number of rotatable bonds is 4. The maximum Gasteiger partial charge on any atom is 0.418 e. The Labute approximate surface area is 156 Å². The molecule has 1 atom stereocenters. The number of amides is 2. The number of aromatic nitrogens is 5. The molecular formula is C16H16F3N7O2. The molecule has 12 heteroatoms. The number of urea groups is 1. The van der Waals surface area contributed by atoms with Crippen molar-refractivity contribution in [1.29, 1.82) is 0 Å². The molecule has 0 aliphatic carbocycles. The highest BCUT2D eigenvalue weighted by molar-refractivity contribution is 5.99. The number of anilines is 2. The smallest absolute Gasteiger partial charge is 0.375 e. The number of carbonyl (C=O) groups excluding carboxylic acids is 1. The third-order valence-electron chi connectivity index (χ3n) is 3.85. The zero-order valence-electron chi connectivity index (χ0n) is 15.1. The lowest BCUT2D eigenvalue weighted by atomic mass is 10.2. The van der Waals surface area contributed by atoms with Gasteiger partial charge in [0.2, 0.25) is 0 Å². The Hall–Kier alpha value is -3.28. The van der Waals surface area contributed by atoms with Crippen LogP contribution < -0.4 is 10.6 Å². The second kappa shape index (κ2) is 7.38. The maximum atomic E-state index is 12.8. The van der Waals surface area contributed by atoms with E-state index in [2.05, 4.69) is 30.9 Å². The molecule has 0 aromatic carbocycles. The third-order valence-corrected chi connectivity index (χ3v) is 3.85. The summed E-state index contributed by atoms with van der Waals surface area (Å²) in [4.78, 5) is 16.5. The van der Waals surface area contributed by atoms with Gasteiger partial charge >= 0.3 is 12.2 Å². The maximum absolute atomic E-state index is 12.8. The van der Waals surface area contributed by atoms with Crippen molar-refractivity contribution < 1.29 is 22.7 Å². The number of nitrogens with zero attached hydrogens (tertiary/aromatic N) is 5. The van der Waals surface area contributed by atoms with E-state index in [0.717, 1.165) is 5.69 Å². The molecule has 9 nitrogen and oxygen atoms in total. The van der Waals surface area contributed by atoms with Gasteiger partial charge in [-0.3, -0.25) is 5.32 Å². The number of nitrogens with one attached hydrogen (secondary N) is 2. The summed E-state index contributed by atoms with van der Waals surface area (Å²) in [5.41, 5.74) is 1.05. The summed E-state index contributed by atoms with van der Waals surface area (Å²) in [6, 6.07) is 1.63. The highest BCUT2D eigenvalue weighted by Crippen LogP contribution is 2.29. The summed E-state index contributed by atoms with van der Waals surface area (Å²) < 4.78 is 45.1. The lowest BCUT2D eigenvalue weighted by Gasteiger charge is -2.17. The molecule has 3 heterocycles. The molecular weight excluding hydrogens is 379 g/mol. The van der Waals surface area contributed by atoms with Crippen LogP contribution in [0.5, 0.6) is 0 Å². The fourth-order valence-corrected chi connectivity index (χ4v) is 2.52. The zero-order valence-corrected chi connectivity index (χ0v) is 15.1. The van der Waals surface area contributed by atoms with E-state index in [-0.39, 0.29) is 11.5 Å². The van der Waals surface area contributed by atoms with Gasteiger partial charge in [-0.25, -0.2) is 14.3 Å². The zero-order chi connectivity index (χ0) is 20.5. The van der Waals surface area contributed by atoms with Crippen molar-refractivity contribution >= 4 is 23.2 Å². The molecule has 0 fully saturated rings. The normalized spacial score (nSPS) is 12.8. The Morgan fingerprint density at radius 2 is 2.00 bits per heavy atom. The van der Waals surface area contributed by atoms with Crippen LogP contribution in [0.4, 0.5) is 29.5 Å². The van der Waals surface area contributed by atoms with Crippen molar-refractivity contribution in [1.82, 2.24) is 24.8 Å². The van der Waals surface area contributed by atoms with E-state index in [9.17, 15) is 18.0 Å². The number of hydrogen-bond donors (Lipinski definition) is 2. The van der Waals surface area contributed by atoms with Crippen LogP contribution in [0.15, 0.2) is 24.5 Å². The van der Waals surface area contributed by atoms with Gasteiger partial charge in [0, 0.05) is 13.2 Å². The van der Waals surface area contributed by atoms with Gasteiger partial charge < -0.3 is 10.1 Å². The van der Waals surface area contributed by atoms with Crippen molar-refractivity contribution in [3.63, 3.8) is 0 Å². The Bertz CT molecular complexity index is 1020. The fourth-order valence-electron chi connectivity index (χ4n) is 2.52. The van der Waals surface area contributed by atoms with Crippen molar-refractivity contribution in [3.8, 4) is 0 Å². The molecule has 3 aromatic rings. The number of halogens is 3. The molecule has 0 aliphatic rings. The molecule has 0 saturated heterocycles. The second-order valence-corrected chi connectivity index (χ2v) is 5.90. The number of hydrogen-bond acceptors (Lipinski definition) is 6. The van der Waals surface area contributed by atoms with Crippen LogP contribution in [0, 0.1) is 6.92 Å². The first kappa shape index (κ1) is 19.5.